The van der Waals surface area contributed by atoms with Gasteiger partial charge in [0.1, 0.15) is 17.5 Å². The van der Waals surface area contributed by atoms with Crippen molar-refractivity contribution in [1.82, 2.24) is 20.1 Å². The van der Waals surface area contributed by atoms with Crippen molar-refractivity contribution in [3.8, 4) is 5.75 Å². The van der Waals surface area contributed by atoms with Gasteiger partial charge in [-0.25, -0.2) is 14.4 Å². The van der Waals surface area contributed by atoms with Crippen LogP contribution in [0.1, 0.15) is 12.1 Å². The summed E-state index contributed by atoms with van der Waals surface area (Å²) in [5.74, 6) is 1.70. The van der Waals surface area contributed by atoms with Crippen LogP contribution in [0, 0.1) is 12.7 Å². The van der Waals surface area contributed by atoms with E-state index in [4.69, 9.17) is 4.74 Å². The molecule has 0 bridgehead atoms. The maximum atomic E-state index is 14.7. The molecule has 3 heterocycles. The van der Waals surface area contributed by atoms with Crippen molar-refractivity contribution in [2.24, 2.45) is 9.98 Å². The van der Waals surface area contributed by atoms with Crippen molar-refractivity contribution >= 4 is 29.3 Å². The Labute approximate surface area is 167 Å². The number of hydrogen-bond donors (Lipinski definition) is 3. The minimum absolute atomic E-state index is 0.0113. The lowest BCUT2D eigenvalue weighted by molar-refractivity contribution is 0.286. The first-order valence-electron chi connectivity index (χ1n) is 9.29. The number of anilines is 1. The average molecular weight is 395 g/mol. The molecule has 8 nitrogen and oxygen atoms in total. The van der Waals surface area contributed by atoms with Gasteiger partial charge in [0.05, 0.1) is 6.20 Å². The van der Waals surface area contributed by atoms with Gasteiger partial charge in [-0.3, -0.25) is 5.10 Å². The first kappa shape index (κ1) is 18.7. The number of likely N-dealkylation sites (tertiary alicyclic amines) is 1. The Morgan fingerprint density at radius 1 is 1.41 bits per heavy atom. The van der Waals surface area contributed by atoms with E-state index < -0.39 is 5.82 Å². The van der Waals surface area contributed by atoms with Crippen molar-refractivity contribution in [1.29, 1.82) is 0 Å². The molecule has 0 aliphatic carbocycles. The Morgan fingerprint density at radius 3 is 2.97 bits per heavy atom. The summed E-state index contributed by atoms with van der Waals surface area (Å²) in [6, 6.07) is 6.95. The summed E-state index contributed by atoms with van der Waals surface area (Å²) >= 11 is 0. The zero-order chi connectivity index (χ0) is 20.2. The van der Waals surface area contributed by atoms with E-state index in [0.29, 0.717) is 22.9 Å². The molecule has 2 aromatic heterocycles. The van der Waals surface area contributed by atoms with Gasteiger partial charge in [-0.15, -0.1) is 0 Å². The van der Waals surface area contributed by atoms with Gasteiger partial charge < -0.3 is 19.9 Å². The summed E-state index contributed by atoms with van der Waals surface area (Å²) in [7, 11) is 0. The smallest absolute Gasteiger partial charge is 0.181 e. The van der Waals surface area contributed by atoms with Crippen LogP contribution in [0.15, 0.2) is 52.3 Å². The number of aryl methyl sites for hydroxylation is 1. The predicted molar refractivity (Wildman–Crippen MR) is 112 cm³/mol. The molecule has 3 aromatic rings. The molecule has 1 aromatic carbocycles. The first-order valence-corrected chi connectivity index (χ1v) is 9.29. The minimum Gasteiger partial charge on any atom is -0.468 e. The van der Waals surface area contributed by atoms with E-state index in [2.05, 4.69) is 42.1 Å². The van der Waals surface area contributed by atoms with E-state index in [0.717, 1.165) is 30.7 Å². The van der Waals surface area contributed by atoms with Crippen LogP contribution in [0.2, 0.25) is 0 Å². The van der Waals surface area contributed by atoms with E-state index >= 15 is 0 Å². The number of benzene rings is 1. The molecule has 1 aliphatic heterocycles. The van der Waals surface area contributed by atoms with Gasteiger partial charge in [-0.05, 0) is 38.3 Å². The van der Waals surface area contributed by atoms with Crippen LogP contribution in [0.4, 0.5) is 10.2 Å². The lowest BCUT2D eigenvalue weighted by Crippen LogP contribution is -2.41. The minimum atomic E-state index is -0.391. The van der Waals surface area contributed by atoms with Crippen LogP contribution >= 0.6 is 0 Å². The molecular weight excluding hydrogens is 373 g/mol. The van der Waals surface area contributed by atoms with Gasteiger partial charge in [0.2, 0.25) is 0 Å². The molecule has 0 unspecified atom stereocenters. The molecule has 9 heteroatoms. The number of aliphatic imine (C=N–C) groups is 2. The molecule has 0 atom stereocenters. The summed E-state index contributed by atoms with van der Waals surface area (Å²) < 4.78 is 20.3. The molecule has 0 spiro atoms. The Morgan fingerprint density at radius 2 is 2.28 bits per heavy atom. The van der Waals surface area contributed by atoms with Gasteiger partial charge in [0, 0.05) is 41.8 Å². The molecule has 0 saturated carbocycles. The number of rotatable bonds is 7. The second kappa shape index (κ2) is 8.17. The van der Waals surface area contributed by atoms with Crippen molar-refractivity contribution in [2.75, 3.05) is 25.1 Å². The number of aromatic nitrogens is 3. The van der Waals surface area contributed by atoms with Gasteiger partial charge in [0.15, 0.2) is 18.3 Å². The van der Waals surface area contributed by atoms with E-state index in [-0.39, 0.29) is 12.5 Å². The number of nitrogens with one attached hydrogen (secondary N) is 3. The van der Waals surface area contributed by atoms with E-state index in [1.54, 1.807) is 36.5 Å². The highest BCUT2D eigenvalue weighted by molar-refractivity contribution is 5.94. The third-order valence-corrected chi connectivity index (χ3v) is 4.66. The molecule has 0 radical (unpaired) electrons. The van der Waals surface area contributed by atoms with E-state index in [1.165, 1.54) is 0 Å². The van der Waals surface area contributed by atoms with Crippen molar-refractivity contribution in [3.05, 3.63) is 53.9 Å². The largest absolute Gasteiger partial charge is 0.468 e. The fraction of sp³-hybridized carbons (Fsp3) is 0.250. The van der Waals surface area contributed by atoms with Crippen LogP contribution < -0.4 is 10.1 Å². The lowest BCUT2D eigenvalue weighted by Gasteiger charge is -2.33. The van der Waals surface area contributed by atoms with Crippen LogP contribution in [-0.2, 0) is 0 Å². The highest BCUT2D eigenvalue weighted by Gasteiger charge is 2.18. The molecule has 29 heavy (non-hydrogen) atoms. The number of nitrogens with zero attached hydrogens (tertiary/aromatic N) is 4. The van der Waals surface area contributed by atoms with E-state index in [9.17, 15) is 4.39 Å². The van der Waals surface area contributed by atoms with Crippen LogP contribution in [0.5, 0.6) is 5.75 Å². The summed E-state index contributed by atoms with van der Waals surface area (Å²) in [6.45, 7) is 7.26. The number of H-pyrrole nitrogens is 2. The number of ether oxygens (including phenoxy) is 1. The molecule has 0 amide bonds. The van der Waals surface area contributed by atoms with Crippen LogP contribution in [0.25, 0.3) is 10.9 Å². The summed E-state index contributed by atoms with van der Waals surface area (Å²) in [5.41, 5.74) is 1.64. The number of amidine groups is 1. The Kier molecular flexibility index (Phi) is 5.28. The maximum Gasteiger partial charge on any atom is 0.181 e. The normalized spacial score (nSPS) is 14.8. The SMILES string of the molecule is C=N/C(=C\C(=N/COc1ccc2[nH]c(C)cc2c1F)N1CCC1)Nc1ccn[nH]1. The Bertz CT molecular complexity index is 1060. The highest BCUT2D eigenvalue weighted by Crippen LogP contribution is 2.27. The number of fused-ring (bicyclic) bond motifs is 1. The molecule has 150 valence electrons. The van der Waals surface area contributed by atoms with Gasteiger partial charge >= 0.3 is 0 Å². The molecule has 1 aliphatic rings. The van der Waals surface area contributed by atoms with Gasteiger partial charge in [-0.1, -0.05) is 0 Å². The molecular formula is C20H22FN7O. The third-order valence-electron chi connectivity index (χ3n) is 4.66. The zero-order valence-electron chi connectivity index (χ0n) is 16.1. The fourth-order valence-corrected chi connectivity index (χ4v) is 3.06. The molecule has 1 fully saturated rings. The topological polar surface area (TPSA) is 93.7 Å². The number of aromatic amines is 2. The van der Waals surface area contributed by atoms with Crippen molar-refractivity contribution in [3.63, 3.8) is 0 Å². The lowest BCUT2D eigenvalue weighted by atomic mass is 10.2. The average Bonchev–Trinajstić information content (AvgIpc) is 3.30. The molecule has 3 N–H and O–H groups in total. The third kappa shape index (κ3) is 4.13. The monoisotopic (exact) mass is 395 g/mol. The maximum absolute atomic E-state index is 14.7. The standard InChI is InChI=1S/C20H22FN7O/c1-13-10-14-15(25-13)4-5-16(20(14)21)29-12-23-19(28-8-3-9-28)11-18(22-2)26-17-6-7-24-27-17/h4-7,10-11,25H,2-3,8-9,12H2,1H3,(H2,24,26,27)/b18-11+,23-19+. The Balaban J connectivity index is 1.51. The second-order valence-corrected chi connectivity index (χ2v) is 6.70. The van der Waals surface area contributed by atoms with Gasteiger partial charge in [-0.2, -0.15) is 5.10 Å². The van der Waals surface area contributed by atoms with Gasteiger partial charge in [0.25, 0.3) is 0 Å². The van der Waals surface area contributed by atoms with Crippen LogP contribution in [0.3, 0.4) is 0 Å². The van der Waals surface area contributed by atoms with Crippen LogP contribution in [-0.4, -0.2) is 52.5 Å². The first-order chi connectivity index (χ1) is 14.1. The zero-order valence-corrected chi connectivity index (χ0v) is 16.1. The number of hydrogen-bond acceptors (Lipinski definition) is 5. The molecule has 1 saturated heterocycles. The summed E-state index contributed by atoms with van der Waals surface area (Å²) in [5, 5.41) is 10.3. The quantitative estimate of drug-likeness (QED) is 0.422. The van der Waals surface area contributed by atoms with Crippen molar-refractivity contribution in [2.45, 2.75) is 13.3 Å². The van der Waals surface area contributed by atoms with E-state index in [1.807, 2.05) is 6.92 Å². The number of halogens is 1. The summed E-state index contributed by atoms with van der Waals surface area (Å²) in [4.78, 5) is 13.7. The highest BCUT2D eigenvalue weighted by atomic mass is 19.1. The fourth-order valence-electron chi connectivity index (χ4n) is 3.06. The second-order valence-electron chi connectivity index (χ2n) is 6.70. The Hall–Kier alpha value is -3.62. The van der Waals surface area contributed by atoms with Crippen molar-refractivity contribution < 1.29 is 9.13 Å². The summed E-state index contributed by atoms with van der Waals surface area (Å²) in [6.07, 6.45) is 4.51. The molecule has 4 rings (SSSR count). The predicted octanol–water partition coefficient (Wildman–Crippen LogP) is 3.43.